The number of amides is 4. The summed E-state index contributed by atoms with van der Waals surface area (Å²) >= 11 is 0. The number of hydrogen-bond acceptors (Lipinski definition) is 6. The minimum absolute atomic E-state index is 0.0797. The van der Waals surface area contributed by atoms with Crippen molar-refractivity contribution in [3.8, 4) is 0 Å². The first-order chi connectivity index (χ1) is 14.0. The molecule has 4 amide bonds. The minimum Gasteiger partial charge on any atom is -0.373 e. The summed E-state index contributed by atoms with van der Waals surface area (Å²) in [6.45, 7) is 3.54. The zero-order valence-corrected chi connectivity index (χ0v) is 16.7. The Morgan fingerprint density at radius 3 is 2.69 bits per heavy atom. The standard InChI is InChI=1S/C19H28N6O4/c1-22-10-14(9-20-22)18-15(11-23-5-3-2-4-6-23)29-8-7-25(18)17(27)13-24-12-16(26)21-19(24)28/h9-10,15,18H,2-8,11-13H2,1H3,(H,21,26,28)/t15-,18-/m0/s1. The number of carbonyl (C=O) groups excluding carboxylic acids is 3. The molecule has 158 valence electrons. The van der Waals surface area contributed by atoms with Gasteiger partial charge < -0.3 is 19.4 Å². The quantitative estimate of drug-likeness (QED) is 0.678. The van der Waals surface area contributed by atoms with Gasteiger partial charge in [-0.3, -0.25) is 19.6 Å². The zero-order valence-electron chi connectivity index (χ0n) is 16.7. The third-order valence-electron chi connectivity index (χ3n) is 5.82. The molecule has 0 saturated carbocycles. The topological polar surface area (TPSA) is 100 Å². The Morgan fingerprint density at radius 1 is 1.24 bits per heavy atom. The van der Waals surface area contributed by atoms with Crippen molar-refractivity contribution in [2.75, 3.05) is 45.9 Å². The fourth-order valence-electron chi connectivity index (χ4n) is 4.41. The van der Waals surface area contributed by atoms with Crippen molar-refractivity contribution in [1.29, 1.82) is 0 Å². The maximum absolute atomic E-state index is 13.1. The van der Waals surface area contributed by atoms with E-state index in [1.165, 1.54) is 24.2 Å². The molecule has 29 heavy (non-hydrogen) atoms. The predicted octanol–water partition coefficient (Wildman–Crippen LogP) is -0.274. The molecule has 0 spiro atoms. The van der Waals surface area contributed by atoms with Crippen LogP contribution in [0.2, 0.25) is 0 Å². The van der Waals surface area contributed by atoms with Gasteiger partial charge >= 0.3 is 6.03 Å². The zero-order chi connectivity index (χ0) is 20.4. The van der Waals surface area contributed by atoms with E-state index < -0.39 is 6.03 Å². The molecule has 3 aliphatic rings. The van der Waals surface area contributed by atoms with E-state index in [0.29, 0.717) is 13.2 Å². The Morgan fingerprint density at radius 2 is 2.03 bits per heavy atom. The Kier molecular flexibility index (Phi) is 5.81. The highest BCUT2D eigenvalue weighted by atomic mass is 16.5. The van der Waals surface area contributed by atoms with E-state index in [0.717, 1.165) is 25.2 Å². The first-order valence-electron chi connectivity index (χ1n) is 10.2. The van der Waals surface area contributed by atoms with Crippen molar-refractivity contribution in [3.05, 3.63) is 18.0 Å². The monoisotopic (exact) mass is 404 g/mol. The van der Waals surface area contributed by atoms with Crippen LogP contribution in [0.1, 0.15) is 30.9 Å². The van der Waals surface area contributed by atoms with Crippen LogP contribution in [-0.4, -0.2) is 94.3 Å². The number of nitrogens with zero attached hydrogens (tertiary/aromatic N) is 5. The number of rotatable bonds is 5. The van der Waals surface area contributed by atoms with Crippen LogP contribution >= 0.6 is 0 Å². The second kappa shape index (κ2) is 8.50. The first-order valence-corrected chi connectivity index (χ1v) is 10.2. The molecule has 0 aromatic carbocycles. The van der Waals surface area contributed by atoms with E-state index >= 15 is 0 Å². The van der Waals surface area contributed by atoms with Crippen LogP contribution in [0.25, 0.3) is 0 Å². The van der Waals surface area contributed by atoms with Crippen LogP contribution in [0.4, 0.5) is 4.79 Å². The van der Waals surface area contributed by atoms with Gasteiger partial charge in [-0.15, -0.1) is 0 Å². The molecule has 10 heteroatoms. The summed E-state index contributed by atoms with van der Waals surface area (Å²) in [5.41, 5.74) is 0.921. The van der Waals surface area contributed by atoms with Gasteiger partial charge in [-0.2, -0.15) is 5.10 Å². The Hall–Kier alpha value is -2.46. The van der Waals surface area contributed by atoms with Crippen LogP contribution in [0, 0.1) is 0 Å². The average Bonchev–Trinajstić information content (AvgIpc) is 3.27. The molecule has 0 aliphatic carbocycles. The Bertz CT molecular complexity index is 775. The smallest absolute Gasteiger partial charge is 0.325 e. The number of ether oxygens (including phenoxy) is 1. The molecule has 3 saturated heterocycles. The van der Waals surface area contributed by atoms with Gasteiger partial charge in [-0.05, 0) is 25.9 Å². The lowest BCUT2D eigenvalue weighted by Crippen LogP contribution is -2.54. The molecule has 1 aromatic rings. The van der Waals surface area contributed by atoms with E-state index in [4.69, 9.17) is 4.74 Å². The third-order valence-corrected chi connectivity index (χ3v) is 5.82. The summed E-state index contributed by atoms with van der Waals surface area (Å²) in [5.74, 6) is -0.563. The lowest BCUT2D eigenvalue weighted by Gasteiger charge is -2.43. The highest BCUT2D eigenvalue weighted by molar-refractivity contribution is 6.03. The van der Waals surface area contributed by atoms with E-state index in [1.54, 1.807) is 15.8 Å². The van der Waals surface area contributed by atoms with Gasteiger partial charge in [0.15, 0.2) is 0 Å². The molecule has 1 aromatic heterocycles. The SMILES string of the molecule is Cn1cc([C@H]2[C@H](CN3CCCCC3)OCCN2C(=O)CN2CC(=O)NC2=O)cn1. The van der Waals surface area contributed by atoms with Gasteiger partial charge in [0.05, 0.1) is 24.9 Å². The molecule has 4 heterocycles. The van der Waals surface area contributed by atoms with Crippen molar-refractivity contribution in [1.82, 2.24) is 29.8 Å². The number of likely N-dealkylation sites (tertiary alicyclic amines) is 1. The van der Waals surface area contributed by atoms with Gasteiger partial charge in [0.1, 0.15) is 13.1 Å². The van der Waals surface area contributed by atoms with Gasteiger partial charge in [-0.1, -0.05) is 6.42 Å². The Labute approximate surface area is 169 Å². The summed E-state index contributed by atoms with van der Waals surface area (Å²) in [7, 11) is 1.85. The van der Waals surface area contributed by atoms with E-state index in [9.17, 15) is 14.4 Å². The maximum Gasteiger partial charge on any atom is 0.325 e. The number of nitrogens with one attached hydrogen (secondary N) is 1. The van der Waals surface area contributed by atoms with Gasteiger partial charge in [-0.25, -0.2) is 4.79 Å². The number of morpholine rings is 1. The van der Waals surface area contributed by atoms with Crippen LogP contribution in [0.3, 0.4) is 0 Å². The Balaban J connectivity index is 1.52. The second-order valence-electron chi connectivity index (χ2n) is 7.96. The average molecular weight is 404 g/mol. The van der Waals surface area contributed by atoms with E-state index in [-0.39, 0.29) is 37.0 Å². The van der Waals surface area contributed by atoms with Crippen LogP contribution in [-0.2, 0) is 21.4 Å². The van der Waals surface area contributed by atoms with E-state index in [2.05, 4.69) is 15.3 Å². The van der Waals surface area contributed by atoms with Gasteiger partial charge in [0.2, 0.25) is 11.8 Å². The molecule has 10 nitrogen and oxygen atoms in total. The summed E-state index contributed by atoms with van der Waals surface area (Å²) in [6, 6.07) is -0.785. The molecule has 0 unspecified atom stereocenters. The second-order valence-corrected chi connectivity index (χ2v) is 7.96. The van der Waals surface area contributed by atoms with Crippen molar-refractivity contribution >= 4 is 17.8 Å². The largest absolute Gasteiger partial charge is 0.373 e. The lowest BCUT2D eigenvalue weighted by atomic mass is 9.99. The number of piperidine rings is 1. The normalized spacial score (nSPS) is 26.1. The molecule has 0 radical (unpaired) electrons. The minimum atomic E-state index is -0.514. The number of urea groups is 1. The summed E-state index contributed by atoms with van der Waals surface area (Å²) < 4.78 is 7.85. The molecular weight excluding hydrogens is 376 g/mol. The van der Waals surface area contributed by atoms with E-state index in [1.807, 2.05) is 13.2 Å². The van der Waals surface area contributed by atoms with Crippen molar-refractivity contribution in [2.45, 2.75) is 31.4 Å². The molecule has 3 fully saturated rings. The number of aromatic nitrogens is 2. The van der Waals surface area contributed by atoms with Crippen molar-refractivity contribution in [2.24, 2.45) is 7.05 Å². The fourth-order valence-corrected chi connectivity index (χ4v) is 4.41. The number of hydrogen-bond donors (Lipinski definition) is 1. The number of aryl methyl sites for hydroxylation is 1. The van der Waals surface area contributed by atoms with Crippen molar-refractivity contribution < 1.29 is 19.1 Å². The molecule has 0 bridgehead atoms. The summed E-state index contributed by atoms with van der Waals surface area (Å²) in [5, 5.41) is 6.50. The summed E-state index contributed by atoms with van der Waals surface area (Å²) in [6.07, 6.45) is 7.15. The molecule has 1 N–H and O–H groups in total. The molecular formula is C19H28N6O4. The van der Waals surface area contributed by atoms with Crippen LogP contribution < -0.4 is 5.32 Å². The third kappa shape index (κ3) is 4.43. The first kappa shape index (κ1) is 19.8. The van der Waals surface area contributed by atoms with Gasteiger partial charge in [0, 0.05) is 31.9 Å². The molecule has 3 aliphatic heterocycles. The van der Waals surface area contributed by atoms with Crippen LogP contribution in [0.5, 0.6) is 0 Å². The molecule has 4 rings (SSSR count). The lowest BCUT2D eigenvalue weighted by molar-refractivity contribution is -0.149. The summed E-state index contributed by atoms with van der Waals surface area (Å²) in [4.78, 5) is 41.9. The predicted molar refractivity (Wildman–Crippen MR) is 103 cm³/mol. The van der Waals surface area contributed by atoms with Crippen molar-refractivity contribution in [3.63, 3.8) is 0 Å². The number of imide groups is 1. The highest BCUT2D eigenvalue weighted by Gasteiger charge is 2.39. The van der Waals surface area contributed by atoms with Gasteiger partial charge in [0.25, 0.3) is 0 Å². The van der Waals surface area contributed by atoms with Crippen LogP contribution in [0.15, 0.2) is 12.4 Å². The highest BCUT2D eigenvalue weighted by Crippen LogP contribution is 2.31. The fraction of sp³-hybridized carbons (Fsp3) is 0.684. The molecule has 2 atom stereocenters. The number of carbonyl (C=O) groups is 3. The maximum atomic E-state index is 13.1.